The van der Waals surface area contributed by atoms with Gasteiger partial charge in [0.05, 0.1) is 25.2 Å². The van der Waals surface area contributed by atoms with Crippen molar-refractivity contribution in [3.05, 3.63) is 29.3 Å². The second-order valence-electron chi connectivity index (χ2n) is 5.96. The van der Waals surface area contributed by atoms with Crippen molar-refractivity contribution in [2.24, 2.45) is 0 Å². The molecule has 0 aromatic heterocycles. The van der Waals surface area contributed by atoms with E-state index in [1.165, 1.54) is 4.31 Å². The van der Waals surface area contributed by atoms with Crippen LogP contribution in [0.4, 0.5) is 5.69 Å². The molecule has 1 amide bonds. The predicted octanol–water partition coefficient (Wildman–Crippen LogP) is 1.32. The maximum absolute atomic E-state index is 12.7. The topological polar surface area (TPSA) is 66.9 Å². The number of morpholine rings is 1. The van der Waals surface area contributed by atoms with E-state index in [9.17, 15) is 13.2 Å². The van der Waals surface area contributed by atoms with Crippen LogP contribution in [0.3, 0.4) is 0 Å². The number of aryl methyl sites for hydroxylation is 2. The predicted molar refractivity (Wildman–Crippen MR) is 90.1 cm³/mol. The second kappa shape index (κ2) is 6.88. The molecule has 0 saturated carbocycles. The lowest BCUT2D eigenvalue weighted by Gasteiger charge is -2.35. The number of benzene rings is 1. The molecule has 7 heteroatoms. The molecule has 1 fully saturated rings. The fourth-order valence-electron chi connectivity index (χ4n) is 2.78. The van der Waals surface area contributed by atoms with Gasteiger partial charge in [-0.1, -0.05) is 12.1 Å². The van der Waals surface area contributed by atoms with Crippen LogP contribution in [0.2, 0.25) is 0 Å². The Morgan fingerprint density at radius 1 is 1.26 bits per heavy atom. The average molecular weight is 340 g/mol. The van der Waals surface area contributed by atoms with Crippen molar-refractivity contribution in [1.29, 1.82) is 0 Å². The molecule has 1 aliphatic heterocycles. The zero-order valence-electron chi connectivity index (χ0n) is 14.1. The van der Waals surface area contributed by atoms with Crippen LogP contribution in [0.1, 0.15) is 18.1 Å². The minimum Gasteiger partial charge on any atom is -0.378 e. The highest BCUT2D eigenvalue weighted by Crippen LogP contribution is 2.27. The summed E-state index contributed by atoms with van der Waals surface area (Å²) < 4.78 is 31.2. The first-order valence-electron chi connectivity index (χ1n) is 7.65. The average Bonchev–Trinajstić information content (AvgIpc) is 2.49. The van der Waals surface area contributed by atoms with Crippen molar-refractivity contribution in [3.63, 3.8) is 0 Å². The quantitative estimate of drug-likeness (QED) is 0.829. The largest absolute Gasteiger partial charge is 0.378 e. The minimum absolute atomic E-state index is 0.195. The smallest absolute Gasteiger partial charge is 0.246 e. The Morgan fingerprint density at radius 2 is 1.87 bits per heavy atom. The molecular formula is C16H24N2O4S. The van der Waals surface area contributed by atoms with Gasteiger partial charge in [0.2, 0.25) is 15.9 Å². The molecule has 0 radical (unpaired) electrons. The van der Waals surface area contributed by atoms with Gasteiger partial charge in [0, 0.05) is 13.1 Å². The van der Waals surface area contributed by atoms with Gasteiger partial charge in [-0.15, -0.1) is 0 Å². The molecule has 0 bridgehead atoms. The lowest BCUT2D eigenvalue weighted by atomic mass is 10.1. The summed E-state index contributed by atoms with van der Waals surface area (Å²) in [7, 11) is -3.59. The van der Waals surface area contributed by atoms with Crippen LogP contribution >= 0.6 is 0 Å². The number of hydrogen-bond acceptors (Lipinski definition) is 4. The van der Waals surface area contributed by atoms with E-state index in [1.807, 2.05) is 26.0 Å². The van der Waals surface area contributed by atoms with Crippen LogP contribution in [0.25, 0.3) is 0 Å². The Hall–Kier alpha value is -1.60. The SMILES string of the molecule is Cc1ccc(C)c(N(C(C)C(=O)N2CCOCC2)S(C)(=O)=O)c1. The molecular weight excluding hydrogens is 316 g/mol. The Balaban J connectivity index is 2.39. The van der Waals surface area contributed by atoms with Crippen LogP contribution in [-0.2, 0) is 19.6 Å². The normalized spacial score (nSPS) is 17.0. The van der Waals surface area contributed by atoms with E-state index < -0.39 is 16.1 Å². The van der Waals surface area contributed by atoms with E-state index in [4.69, 9.17) is 4.74 Å². The fraction of sp³-hybridized carbons (Fsp3) is 0.562. The Kier molecular flexibility index (Phi) is 5.31. The van der Waals surface area contributed by atoms with Gasteiger partial charge in [-0.2, -0.15) is 0 Å². The monoisotopic (exact) mass is 340 g/mol. The molecule has 1 atom stereocenters. The van der Waals surface area contributed by atoms with Crippen LogP contribution in [0.15, 0.2) is 18.2 Å². The molecule has 0 N–H and O–H groups in total. The van der Waals surface area contributed by atoms with Gasteiger partial charge in [-0.05, 0) is 38.0 Å². The molecule has 23 heavy (non-hydrogen) atoms. The first-order chi connectivity index (χ1) is 10.7. The number of ether oxygens (including phenoxy) is 1. The first kappa shape index (κ1) is 17.7. The molecule has 1 saturated heterocycles. The summed E-state index contributed by atoms with van der Waals surface area (Å²) in [4.78, 5) is 14.4. The molecule has 128 valence electrons. The van der Waals surface area contributed by atoms with Gasteiger partial charge >= 0.3 is 0 Å². The maximum Gasteiger partial charge on any atom is 0.246 e. The molecule has 1 heterocycles. The zero-order chi connectivity index (χ0) is 17.2. The number of rotatable bonds is 4. The Labute approximate surface area is 138 Å². The van der Waals surface area contributed by atoms with Gasteiger partial charge in [-0.3, -0.25) is 9.10 Å². The van der Waals surface area contributed by atoms with Crippen molar-refractivity contribution < 1.29 is 17.9 Å². The van der Waals surface area contributed by atoms with Crippen molar-refractivity contribution in [2.45, 2.75) is 26.8 Å². The summed E-state index contributed by atoms with van der Waals surface area (Å²) >= 11 is 0. The van der Waals surface area contributed by atoms with Gasteiger partial charge < -0.3 is 9.64 Å². The van der Waals surface area contributed by atoms with E-state index in [2.05, 4.69) is 0 Å². The number of amides is 1. The van der Waals surface area contributed by atoms with Crippen LogP contribution in [-0.4, -0.2) is 57.8 Å². The van der Waals surface area contributed by atoms with E-state index >= 15 is 0 Å². The third-order valence-electron chi connectivity index (χ3n) is 3.99. The summed E-state index contributed by atoms with van der Waals surface area (Å²) in [6.07, 6.45) is 1.14. The first-order valence-corrected chi connectivity index (χ1v) is 9.50. The highest BCUT2D eigenvalue weighted by molar-refractivity contribution is 7.92. The molecule has 6 nitrogen and oxygen atoms in total. The number of nitrogens with zero attached hydrogens (tertiary/aromatic N) is 2. The number of carbonyl (C=O) groups excluding carboxylic acids is 1. The molecule has 1 aromatic carbocycles. The number of sulfonamides is 1. The lowest BCUT2D eigenvalue weighted by Crippen LogP contribution is -2.52. The number of carbonyl (C=O) groups is 1. The van der Waals surface area contributed by atoms with Crippen LogP contribution in [0, 0.1) is 13.8 Å². The molecule has 1 aromatic rings. The second-order valence-corrected chi connectivity index (χ2v) is 7.82. The van der Waals surface area contributed by atoms with Gasteiger partial charge in [0.25, 0.3) is 0 Å². The molecule has 0 spiro atoms. The lowest BCUT2D eigenvalue weighted by molar-refractivity contribution is -0.136. The third-order valence-corrected chi connectivity index (χ3v) is 5.22. The molecule has 1 unspecified atom stereocenters. The summed E-state index contributed by atoms with van der Waals surface area (Å²) in [6.45, 7) is 7.35. The maximum atomic E-state index is 12.7. The third kappa shape index (κ3) is 4.03. The van der Waals surface area contributed by atoms with Crippen LogP contribution < -0.4 is 4.31 Å². The van der Waals surface area contributed by atoms with Gasteiger partial charge in [-0.25, -0.2) is 8.42 Å². The fourth-order valence-corrected chi connectivity index (χ4v) is 4.00. The number of anilines is 1. The summed E-state index contributed by atoms with van der Waals surface area (Å²) in [5.41, 5.74) is 2.33. The summed E-state index contributed by atoms with van der Waals surface area (Å²) in [5, 5.41) is 0. The van der Waals surface area contributed by atoms with E-state index in [0.717, 1.165) is 17.4 Å². The van der Waals surface area contributed by atoms with Crippen molar-refractivity contribution in [1.82, 2.24) is 4.90 Å². The molecule has 0 aliphatic carbocycles. The highest BCUT2D eigenvalue weighted by Gasteiger charge is 2.33. The minimum atomic E-state index is -3.59. The van der Waals surface area contributed by atoms with Gasteiger partial charge in [0.1, 0.15) is 6.04 Å². The highest BCUT2D eigenvalue weighted by atomic mass is 32.2. The van der Waals surface area contributed by atoms with E-state index in [1.54, 1.807) is 17.9 Å². The van der Waals surface area contributed by atoms with Crippen molar-refractivity contribution in [2.75, 3.05) is 36.9 Å². The Morgan fingerprint density at radius 3 is 2.43 bits per heavy atom. The standard InChI is InChI=1S/C16H24N2O4S/c1-12-5-6-13(2)15(11-12)18(23(4,20)21)14(3)16(19)17-7-9-22-10-8-17/h5-6,11,14H,7-10H2,1-4H3. The van der Waals surface area contributed by atoms with E-state index in [-0.39, 0.29) is 5.91 Å². The molecule has 2 rings (SSSR count). The van der Waals surface area contributed by atoms with Crippen molar-refractivity contribution in [3.8, 4) is 0 Å². The Bertz CT molecular complexity index is 681. The summed E-state index contributed by atoms with van der Waals surface area (Å²) in [6, 6.07) is 4.81. The van der Waals surface area contributed by atoms with Crippen molar-refractivity contribution >= 4 is 21.6 Å². The zero-order valence-corrected chi connectivity index (χ0v) is 14.9. The van der Waals surface area contributed by atoms with Crippen LogP contribution in [0.5, 0.6) is 0 Å². The van der Waals surface area contributed by atoms with Gasteiger partial charge in [0.15, 0.2) is 0 Å². The molecule has 1 aliphatic rings. The number of hydrogen-bond donors (Lipinski definition) is 0. The summed E-state index contributed by atoms with van der Waals surface area (Å²) in [5.74, 6) is -0.195. The van der Waals surface area contributed by atoms with E-state index in [0.29, 0.717) is 32.0 Å².